The summed E-state index contributed by atoms with van der Waals surface area (Å²) >= 11 is 0. The molecular formula is C15H21N5. The fourth-order valence-electron chi connectivity index (χ4n) is 2.75. The fraction of sp³-hybridized carbons (Fsp3) is 0.467. The number of likely N-dealkylation sites (tertiary alicyclic amines) is 1. The first-order valence-corrected chi connectivity index (χ1v) is 7.14. The van der Waals surface area contributed by atoms with Crippen LogP contribution in [0.1, 0.15) is 12.0 Å². The van der Waals surface area contributed by atoms with Gasteiger partial charge in [-0.15, -0.1) is 0 Å². The Morgan fingerprint density at radius 1 is 1.40 bits per heavy atom. The van der Waals surface area contributed by atoms with Crippen molar-refractivity contribution in [2.45, 2.75) is 13.0 Å². The maximum Gasteiger partial charge on any atom is 0.125 e. The largest absolute Gasteiger partial charge is 0.370 e. The number of nitrogens with one attached hydrogen (secondary N) is 1. The molecule has 1 N–H and O–H groups in total. The molecule has 1 aliphatic heterocycles. The number of nitrogens with zero attached hydrogens (tertiary/aromatic N) is 4. The molecule has 106 valence electrons. The van der Waals surface area contributed by atoms with Crippen molar-refractivity contribution in [2.75, 3.05) is 25.0 Å². The molecule has 3 rings (SSSR count). The van der Waals surface area contributed by atoms with Gasteiger partial charge < -0.3 is 5.32 Å². The molecule has 1 saturated heterocycles. The van der Waals surface area contributed by atoms with Crippen LogP contribution in [0.5, 0.6) is 0 Å². The summed E-state index contributed by atoms with van der Waals surface area (Å²) in [5.74, 6) is 1.67. The summed E-state index contributed by atoms with van der Waals surface area (Å²) in [5, 5.41) is 7.64. The van der Waals surface area contributed by atoms with Gasteiger partial charge in [0.05, 0.1) is 6.20 Å². The molecule has 0 spiro atoms. The summed E-state index contributed by atoms with van der Waals surface area (Å²) in [4.78, 5) is 6.80. The standard InChI is InChI=1S/C15H21N5/c1-19-10-14(9-18-19)12-20-7-5-13(11-20)8-17-15-4-2-3-6-16-15/h2-4,6,9-10,13H,5,7-8,11-12H2,1H3,(H,16,17)/t13-/m0/s1. The van der Waals surface area contributed by atoms with Crippen LogP contribution >= 0.6 is 0 Å². The van der Waals surface area contributed by atoms with E-state index in [1.54, 1.807) is 0 Å². The predicted molar refractivity (Wildman–Crippen MR) is 79.3 cm³/mol. The molecule has 0 unspecified atom stereocenters. The zero-order chi connectivity index (χ0) is 13.8. The summed E-state index contributed by atoms with van der Waals surface area (Å²) in [5.41, 5.74) is 1.30. The van der Waals surface area contributed by atoms with Crippen molar-refractivity contribution in [1.82, 2.24) is 19.7 Å². The molecule has 1 atom stereocenters. The highest BCUT2D eigenvalue weighted by Crippen LogP contribution is 2.18. The number of rotatable bonds is 5. The Bertz CT molecular complexity index is 536. The molecule has 2 aromatic rings. The van der Waals surface area contributed by atoms with E-state index in [9.17, 15) is 0 Å². The van der Waals surface area contributed by atoms with Crippen molar-refractivity contribution in [3.8, 4) is 0 Å². The minimum Gasteiger partial charge on any atom is -0.370 e. The van der Waals surface area contributed by atoms with Gasteiger partial charge in [-0.1, -0.05) is 6.07 Å². The smallest absolute Gasteiger partial charge is 0.125 e. The lowest BCUT2D eigenvalue weighted by atomic mass is 10.1. The fourth-order valence-corrected chi connectivity index (χ4v) is 2.75. The molecule has 0 radical (unpaired) electrons. The van der Waals surface area contributed by atoms with Crippen LogP contribution in [0, 0.1) is 5.92 Å². The lowest BCUT2D eigenvalue weighted by molar-refractivity contribution is 0.319. The molecule has 3 heterocycles. The van der Waals surface area contributed by atoms with E-state index in [0.29, 0.717) is 5.92 Å². The summed E-state index contributed by atoms with van der Waals surface area (Å²) in [6, 6.07) is 5.97. The SMILES string of the molecule is Cn1cc(CN2CC[C@@H](CNc3ccccn3)C2)cn1. The van der Waals surface area contributed by atoms with Crippen LogP contribution in [0.4, 0.5) is 5.82 Å². The maximum atomic E-state index is 4.29. The van der Waals surface area contributed by atoms with Crippen LogP contribution in [0.15, 0.2) is 36.8 Å². The third-order valence-corrected chi connectivity index (χ3v) is 3.77. The summed E-state index contributed by atoms with van der Waals surface area (Å²) in [6.45, 7) is 4.33. The summed E-state index contributed by atoms with van der Waals surface area (Å²) in [6.07, 6.45) is 7.13. The van der Waals surface area contributed by atoms with Crippen LogP contribution in [0.25, 0.3) is 0 Å². The van der Waals surface area contributed by atoms with Crippen molar-refractivity contribution in [2.24, 2.45) is 13.0 Å². The molecule has 1 fully saturated rings. The second-order valence-electron chi connectivity index (χ2n) is 5.51. The van der Waals surface area contributed by atoms with E-state index in [1.807, 2.05) is 42.3 Å². The van der Waals surface area contributed by atoms with Crippen molar-refractivity contribution in [1.29, 1.82) is 0 Å². The van der Waals surface area contributed by atoms with Crippen LogP contribution in [0.3, 0.4) is 0 Å². The Hall–Kier alpha value is -1.88. The predicted octanol–water partition coefficient (Wildman–Crippen LogP) is 1.75. The Balaban J connectivity index is 1.45. The van der Waals surface area contributed by atoms with E-state index in [-0.39, 0.29) is 0 Å². The maximum absolute atomic E-state index is 4.29. The Morgan fingerprint density at radius 3 is 3.10 bits per heavy atom. The molecule has 0 aromatic carbocycles. The minimum atomic E-state index is 0.702. The topological polar surface area (TPSA) is 46.0 Å². The molecular weight excluding hydrogens is 250 g/mol. The highest BCUT2D eigenvalue weighted by atomic mass is 15.2. The normalized spacial score (nSPS) is 19.4. The van der Waals surface area contributed by atoms with Crippen molar-refractivity contribution in [3.63, 3.8) is 0 Å². The van der Waals surface area contributed by atoms with Gasteiger partial charge in [-0.3, -0.25) is 9.58 Å². The van der Waals surface area contributed by atoms with Gasteiger partial charge in [-0.25, -0.2) is 4.98 Å². The number of anilines is 1. The zero-order valence-electron chi connectivity index (χ0n) is 11.9. The molecule has 0 bridgehead atoms. The van der Waals surface area contributed by atoms with Gasteiger partial charge in [0.1, 0.15) is 5.82 Å². The number of hydrogen-bond acceptors (Lipinski definition) is 4. The zero-order valence-corrected chi connectivity index (χ0v) is 11.9. The monoisotopic (exact) mass is 271 g/mol. The Labute approximate surface area is 119 Å². The molecule has 5 heteroatoms. The van der Waals surface area contributed by atoms with Crippen LogP contribution in [0.2, 0.25) is 0 Å². The second-order valence-corrected chi connectivity index (χ2v) is 5.51. The van der Waals surface area contributed by atoms with E-state index in [2.05, 4.69) is 26.5 Å². The average molecular weight is 271 g/mol. The Kier molecular flexibility index (Phi) is 3.97. The van der Waals surface area contributed by atoms with Crippen LogP contribution in [-0.4, -0.2) is 39.3 Å². The first kappa shape index (κ1) is 13.1. The number of hydrogen-bond donors (Lipinski definition) is 1. The van der Waals surface area contributed by atoms with Crippen LogP contribution < -0.4 is 5.32 Å². The van der Waals surface area contributed by atoms with Gasteiger partial charge in [-0.2, -0.15) is 5.10 Å². The molecule has 0 aliphatic carbocycles. The molecule has 1 aliphatic rings. The summed E-state index contributed by atoms with van der Waals surface area (Å²) in [7, 11) is 1.97. The van der Waals surface area contributed by atoms with E-state index in [4.69, 9.17) is 0 Å². The van der Waals surface area contributed by atoms with Gasteiger partial charge in [0.15, 0.2) is 0 Å². The van der Waals surface area contributed by atoms with Crippen molar-refractivity contribution < 1.29 is 0 Å². The highest BCUT2D eigenvalue weighted by molar-refractivity contribution is 5.33. The van der Waals surface area contributed by atoms with E-state index >= 15 is 0 Å². The van der Waals surface area contributed by atoms with Gasteiger partial charge in [-0.05, 0) is 31.0 Å². The Morgan fingerprint density at radius 2 is 2.35 bits per heavy atom. The molecule has 20 heavy (non-hydrogen) atoms. The van der Waals surface area contributed by atoms with E-state index in [1.165, 1.54) is 18.5 Å². The van der Waals surface area contributed by atoms with E-state index < -0.39 is 0 Å². The second kappa shape index (κ2) is 6.05. The lowest BCUT2D eigenvalue weighted by Gasteiger charge is -2.15. The number of aromatic nitrogens is 3. The van der Waals surface area contributed by atoms with Crippen molar-refractivity contribution >= 4 is 5.82 Å². The lowest BCUT2D eigenvalue weighted by Crippen LogP contribution is -2.22. The van der Waals surface area contributed by atoms with Gasteiger partial charge in [0.2, 0.25) is 0 Å². The minimum absolute atomic E-state index is 0.702. The quantitative estimate of drug-likeness (QED) is 0.900. The number of pyridine rings is 1. The van der Waals surface area contributed by atoms with Gasteiger partial charge in [0, 0.05) is 44.6 Å². The van der Waals surface area contributed by atoms with E-state index in [0.717, 1.165) is 25.5 Å². The third-order valence-electron chi connectivity index (χ3n) is 3.77. The van der Waals surface area contributed by atoms with Gasteiger partial charge >= 0.3 is 0 Å². The average Bonchev–Trinajstić information content (AvgIpc) is 3.08. The molecule has 0 saturated carbocycles. The molecule has 0 amide bonds. The summed E-state index contributed by atoms with van der Waals surface area (Å²) < 4.78 is 1.87. The van der Waals surface area contributed by atoms with Gasteiger partial charge in [0.25, 0.3) is 0 Å². The van der Waals surface area contributed by atoms with Crippen LogP contribution in [-0.2, 0) is 13.6 Å². The first-order chi connectivity index (χ1) is 9.79. The highest BCUT2D eigenvalue weighted by Gasteiger charge is 2.22. The first-order valence-electron chi connectivity index (χ1n) is 7.14. The molecule has 5 nitrogen and oxygen atoms in total. The third kappa shape index (κ3) is 3.36. The number of aryl methyl sites for hydroxylation is 1. The van der Waals surface area contributed by atoms with Crippen molar-refractivity contribution in [3.05, 3.63) is 42.4 Å². The molecule has 2 aromatic heterocycles.